The standard InChI is InChI=1S/C22H34N2O.2ClH/c1-17(16-25)24-14-20-8-9-21(22(20)15-24)19-6-4-18(5-7-19)10-13-23-11-2-3-12-23;;/h4-7,17,20-22,25H,2-3,8-16H2,1H3;2*1H/t17?,20-,21+,22+;;/m1../s1. The van der Waals surface area contributed by atoms with Gasteiger partial charge >= 0.3 is 0 Å². The summed E-state index contributed by atoms with van der Waals surface area (Å²) < 4.78 is 0. The van der Waals surface area contributed by atoms with Crippen molar-refractivity contribution in [2.24, 2.45) is 11.8 Å². The number of hydrogen-bond donors (Lipinski definition) is 1. The number of aliphatic hydroxyl groups is 1. The lowest BCUT2D eigenvalue weighted by Crippen LogP contribution is -2.34. The Morgan fingerprint density at radius 3 is 2.41 bits per heavy atom. The third-order valence-electron chi connectivity index (χ3n) is 7.10. The lowest BCUT2D eigenvalue weighted by atomic mass is 9.86. The van der Waals surface area contributed by atoms with E-state index in [2.05, 4.69) is 41.0 Å². The molecule has 1 N–H and O–H groups in total. The number of likely N-dealkylation sites (tertiary alicyclic amines) is 2. The van der Waals surface area contributed by atoms with Crippen LogP contribution in [0.1, 0.15) is 49.7 Å². The molecule has 154 valence electrons. The van der Waals surface area contributed by atoms with Gasteiger partial charge in [0.1, 0.15) is 0 Å². The van der Waals surface area contributed by atoms with Gasteiger partial charge in [-0.25, -0.2) is 0 Å². The second kappa shape index (κ2) is 10.5. The molecule has 0 bridgehead atoms. The smallest absolute Gasteiger partial charge is 0.0584 e. The van der Waals surface area contributed by atoms with Gasteiger partial charge in [-0.05, 0) is 81.0 Å². The zero-order chi connectivity index (χ0) is 17.2. The van der Waals surface area contributed by atoms with Crippen LogP contribution in [0.15, 0.2) is 24.3 Å². The van der Waals surface area contributed by atoms with Gasteiger partial charge < -0.3 is 10.0 Å². The molecule has 3 aliphatic rings. The van der Waals surface area contributed by atoms with Crippen LogP contribution >= 0.6 is 24.8 Å². The normalized spacial score (nSPS) is 29.2. The van der Waals surface area contributed by atoms with Crippen LogP contribution in [0.5, 0.6) is 0 Å². The highest BCUT2D eigenvalue weighted by molar-refractivity contribution is 5.85. The Labute approximate surface area is 177 Å². The van der Waals surface area contributed by atoms with E-state index in [9.17, 15) is 5.11 Å². The van der Waals surface area contributed by atoms with E-state index in [1.165, 1.54) is 70.4 Å². The van der Waals surface area contributed by atoms with Crippen LogP contribution in [0.25, 0.3) is 0 Å². The van der Waals surface area contributed by atoms with Crippen LogP contribution in [0.3, 0.4) is 0 Å². The Kier molecular flexibility index (Phi) is 8.89. The van der Waals surface area contributed by atoms with Gasteiger partial charge in [-0.1, -0.05) is 24.3 Å². The number of rotatable bonds is 6. The summed E-state index contributed by atoms with van der Waals surface area (Å²) in [4.78, 5) is 5.11. The summed E-state index contributed by atoms with van der Waals surface area (Å²) in [5, 5.41) is 9.46. The first-order valence-corrected chi connectivity index (χ1v) is 10.4. The fraction of sp³-hybridized carbons (Fsp3) is 0.727. The first kappa shape index (κ1) is 23.0. The molecular formula is C22H36Cl2N2O. The molecule has 1 unspecified atom stereocenters. The molecule has 1 aromatic rings. The monoisotopic (exact) mass is 414 g/mol. The molecule has 1 saturated carbocycles. The molecule has 1 aliphatic carbocycles. The van der Waals surface area contributed by atoms with Crippen molar-refractivity contribution >= 4 is 24.8 Å². The van der Waals surface area contributed by atoms with Crippen molar-refractivity contribution in [2.75, 3.05) is 39.3 Å². The zero-order valence-corrected chi connectivity index (χ0v) is 18.2. The van der Waals surface area contributed by atoms with Crippen molar-refractivity contribution in [3.05, 3.63) is 35.4 Å². The summed E-state index contributed by atoms with van der Waals surface area (Å²) >= 11 is 0. The Hall–Kier alpha value is -0.320. The summed E-state index contributed by atoms with van der Waals surface area (Å²) in [5.41, 5.74) is 3.04. The highest BCUT2D eigenvalue weighted by Crippen LogP contribution is 2.47. The number of nitrogens with zero attached hydrogens (tertiary/aromatic N) is 2. The maximum atomic E-state index is 9.46. The molecular weight excluding hydrogens is 379 g/mol. The van der Waals surface area contributed by atoms with E-state index < -0.39 is 0 Å². The van der Waals surface area contributed by atoms with Gasteiger partial charge in [-0.2, -0.15) is 0 Å². The second-order valence-electron chi connectivity index (χ2n) is 8.63. The number of aliphatic hydroxyl groups excluding tert-OH is 1. The first-order chi connectivity index (χ1) is 12.2. The quantitative estimate of drug-likeness (QED) is 0.762. The van der Waals surface area contributed by atoms with Crippen LogP contribution in [0, 0.1) is 11.8 Å². The molecule has 27 heavy (non-hydrogen) atoms. The Bertz CT molecular complexity index is 562. The molecule has 0 aromatic heterocycles. The van der Waals surface area contributed by atoms with E-state index >= 15 is 0 Å². The third-order valence-corrected chi connectivity index (χ3v) is 7.10. The molecule has 0 radical (unpaired) electrons. The maximum absolute atomic E-state index is 9.46. The van der Waals surface area contributed by atoms with Gasteiger partial charge in [0, 0.05) is 25.7 Å². The first-order valence-electron chi connectivity index (χ1n) is 10.4. The van der Waals surface area contributed by atoms with Crippen molar-refractivity contribution in [3.8, 4) is 0 Å². The van der Waals surface area contributed by atoms with Crippen molar-refractivity contribution in [1.82, 2.24) is 9.80 Å². The Balaban J connectivity index is 0.00000131. The highest BCUT2D eigenvalue weighted by Gasteiger charge is 2.43. The number of halogens is 2. The minimum atomic E-state index is 0. The summed E-state index contributed by atoms with van der Waals surface area (Å²) in [6.45, 7) is 8.63. The number of fused-ring (bicyclic) bond motifs is 1. The molecule has 2 saturated heterocycles. The summed E-state index contributed by atoms with van der Waals surface area (Å²) in [7, 11) is 0. The molecule has 1 aromatic carbocycles. The Morgan fingerprint density at radius 2 is 1.74 bits per heavy atom. The van der Waals surface area contributed by atoms with Crippen LogP contribution < -0.4 is 0 Å². The minimum Gasteiger partial charge on any atom is -0.395 e. The molecule has 2 aliphatic heterocycles. The summed E-state index contributed by atoms with van der Waals surface area (Å²) in [6.07, 6.45) is 6.67. The molecule has 4 rings (SSSR count). The largest absolute Gasteiger partial charge is 0.395 e. The van der Waals surface area contributed by atoms with Gasteiger partial charge in [0.05, 0.1) is 6.61 Å². The topological polar surface area (TPSA) is 26.7 Å². The van der Waals surface area contributed by atoms with Gasteiger partial charge in [0.2, 0.25) is 0 Å². The molecule has 5 heteroatoms. The van der Waals surface area contributed by atoms with E-state index in [4.69, 9.17) is 0 Å². The maximum Gasteiger partial charge on any atom is 0.0584 e. The predicted octanol–water partition coefficient (Wildman–Crippen LogP) is 3.97. The molecule has 0 amide bonds. The minimum absolute atomic E-state index is 0. The van der Waals surface area contributed by atoms with Gasteiger partial charge in [-0.3, -0.25) is 4.90 Å². The van der Waals surface area contributed by atoms with Crippen LogP contribution in [-0.2, 0) is 6.42 Å². The molecule has 3 nitrogen and oxygen atoms in total. The third kappa shape index (κ3) is 5.19. The van der Waals surface area contributed by atoms with E-state index in [0.717, 1.165) is 17.8 Å². The van der Waals surface area contributed by atoms with Crippen LogP contribution in [-0.4, -0.2) is 60.3 Å². The summed E-state index contributed by atoms with van der Waals surface area (Å²) in [5.74, 6) is 2.37. The zero-order valence-electron chi connectivity index (χ0n) is 16.6. The van der Waals surface area contributed by atoms with Crippen molar-refractivity contribution in [2.45, 2.75) is 51.0 Å². The predicted molar refractivity (Wildman–Crippen MR) is 117 cm³/mol. The van der Waals surface area contributed by atoms with Crippen molar-refractivity contribution in [1.29, 1.82) is 0 Å². The van der Waals surface area contributed by atoms with E-state index in [1.807, 2.05) is 0 Å². The fourth-order valence-corrected chi connectivity index (χ4v) is 5.41. The van der Waals surface area contributed by atoms with Gasteiger partial charge in [0.25, 0.3) is 0 Å². The second-order valence-corrected chi connectivity index (χ2v) is 8.63. The Morgan fingerprint density at radius 1 is 1.04 bits per heavy atom. The van der Waals surface area contributed by atoms with E-state index in [1.54, 1.807) is 5.56 Å². The number of hydrogen-bond acceptors (Lipinski definition) is 3. The van der Waals surface area contributed by atoms with E-state index in [0.29, 0.717) is 6.04 Å². The average Bonchev–Trinajstić information content (AvgIpc) is 3.36. The van der Waals surface area contributed by atoms with Crippen LogP contribution in [0.2, 0.25) is 0 Å². The van der Waals surface area contributed by atoms with Crippen LogP contribution in [0.4, 0.5) is 0 Å². The summed E-state index contributed by atoms with van der Waals surface area (Å²) in [6, 6.07) is 9.89. The molecule has 0 spiro atoms. The molecule has 2 heterocycles. The van der Waals surface area contributed by atoms with Crippen molar-refractivity contribution in [3.63, 3.8) is 0 Å². The SMILES string of the molecule is CC(CO)N1C[C@H]2CC[C@@H](c3ccc(CCN4CCCC4)cc3)[C@H]2C1.Cl.Cl. The molecule has 3 fully saturated rings. The number of benzene rings is 1. The fourth-order valence-electron chi connectivity index (χ4n) is 5.41. The molecule has 4 atom stereocenters. The lowest BCUT2D eigenvalue weighted by molar-refractivity contribution is 0.149. The van der Waals surface area contributed by atoms with Crippen molar-refractivity contribution < 1.29 is 5.11 Å². The van der Waals surface area contributed by atoms with E-state index in [-0.39, 0.29) is 31.4 Å². The average molecular weight is 415 g/mol. The lowest BCUT2D eigenvalue weighted by Gasteiger charge is -2.25. The van der Waals surface area contributed by atoms with Gasteiger partial charge in [0.15, 0.2) is 0 Å². The van der Waals surface area contributed by atoms with Gasteiger partial charge in [-0.15, -0.1) is 24.8 Å². The highest BCUT2D eigenvalue weighted by atomic mass is 35.5.